The molecular weight excluding hydrogens is 264 g/mol. The Hall–Kier alpha value is -1.15. The minimum Gasteiger partial charge on any atom is -0.445 e. The van der Waals surface area contributed by atoms with Crippen LogP contribution in [0, 0.1) is 5.92 Å². The summed E-state index contributed by atoms with van der Waals surface area (Å²) in [6.07, 6.45) is 0.0202. The van der Waals surface area contributed by atoms with Crippen LogP contribution in [0.5, 0.6) is 0 Å². The summed E-state index contributed by atoms with van der Waals surface area (Å²) in [6, 6.07) is 0. The van der Waals surface area contributed by atoms with Crippen LogP contribution in [-0.2, 0) is 14.2 Å². The molecule has 116 valence electrons. The van der Waals surface area contributed by atoms with Gasteiger partial charge in [-0.05, 0) is 13.5 Å². The maximum absolute atomic E-state index is 11.3. The summed E-state index contributed by atoms with van der Waals surface area (Å²) in [5.41, 5.74) is 0. The second-order valence-electron chi connectivity index (χ2n) is 4.67. The first-order valence-electron chi connectivity index (χ1n) is 6.64. The fourth-order valence-electron chi connectivity index (χ4n) is 2.20. The largest absolute Gasteiger partial charge is 0.445 e. The number of hydrogen-bond acceptors (Lipinski definition) is 6. The third-order valence-electron chi connectivity index (χ3n) is 3.16. The molecular formula is C13H24N2O5. The van der Waals surface area contributed by atoms with Gasteiger partial charge in [0.1, 0.15) is 12.7 Å². The lowest BCUT2D eigenvalue weighted by Gasteiger charge is -2.38. The van der Waals surface area contributed by atoms with Crippen molar-refractivity contribution in [1.29, 1.82) is 0 Å². The summed E-state index contributed by atoms with van der Waals surface area (Å²) >= 11 is 0. The monoisotopic (exact) mass is 288 g/mol. The van der Waals surface area contributed by atoms with Gasteiger partial charge >= 0.3 is 6.09 Å². The predicted molar refractivity (Wildman–Crippen MR) is 73.3 cm³/mol. The number of nitrogens with one attached hydrogen (secondary N) is 2. The molecule has 7 heteroatoms. The summed E-state index contributed by atoms with van der Waals surface area (Å²) in [5.74, 6) is 0.00898. The van der Waals surface area contributed by atoms with Crippen LogP contribution in [0.1, 0.15) is 6.42 Å². The minimum atomic E-state index is -0.684. The van der Waals surface area contributed by atoms with Gasteiger partial charge in [-0.15, -0.1) is 0 Å². The van der Waals surface area contributed by atoms with E-state index in [0.29, 0.717) is 19.5 Å². The van der Waals surface area contributed by atoms with Crippen molar-refractivity contribution in [1.82, 2.24) is 10.6 Å². The molecule has 1 rings (SSSR count). The molecule has 1 heterocycles. The second-order valence-corrected chi connectivity index (χ2v) is 4.67. The molecule has 0 aliphatic carbocycles. The van der Waals surface area contributed by atoms with Gasteiger partial charge < -0.3 is 30.0 Å². The molecule has 0 bridgehead atoms. The predicted octanol–water partition coefficient (Wildman–Crippen LogP) is -0.143. The molecule has 3 N–H and O–H groups in total. The highest BCUT2D eigenvalue weighted by Crippen LogP contribution is 2.25. The molecule has 2 unspecified atom stereocenters. The lowest BCUT2D eigenvalue weighted by molar-refractivity contribution is -0.244. The number of methoxy groups -OCH3 is 1. The summed E-state index contributed by atoms with van der Waals surface area (Å²) in [6.45, 7) is 4.59. The Morgan fingerprint density at radius 2 is 2.30 bits per heavy atom. The summed E-state index contributed by atoms with van der Waals surface area (Å²) in [5, 5.41) is 15.7. The number of aliphatic hydroxyl groups excluding tert-OH is 1. The number of ether oxygens (including phenoxy) is 3. The highest BCUT2D eigenvalue weighted by atomic mass is 16.7. The van der Waals surface area contributed by atoms with Gasteiger partial charge in [0, 0.05) is 26.1 Å². The highest BCUT2D eigenvalue weighted by Gasteiger charge is 2.37. The average molecular weight is 288 g/mol. The zero-order valence-corrected chi connectivity index (χ0v) is 12.0. The fourth-order valence-corrected chi connectivity index (χ4v) is 2.20. The molecule has 0 saturated carbocycles. The van der Waals surface area contributed by atoms with E-state index in [4.69, 9.17) is 14.2 Å². The first-order valence-corrected chi connectivity index (χ1v) is 6.64. The Balaban J connectivity index is 2.44. The molecule has 0 aromatic rings. The van der Waals surface area contributed by atoms with Gasteiger partial charge in [-0.2, -0.15) is 0 Å². The van der Waals surface area contributed by atoms with Crippen LogP contribution in [0.25, 0.3) is 0 Å². The van der Waals surface area contributed by atoms with Crippen molar-refractivity contribution >= 4 is 6.09 Å². The lowest BCUT2D eigenvalue weighted by atomic mass is 9.92. The van der Waals surface area contributed by atoms with Crippen molar-refractivity contribution < 1.29 is 24.1 Å². The zero-order chi connectivity index (χ0) is 15.0. The lowest BCUT2D eigenvalue weighted by Crippen LogP contribution is -2.51. The van der Waals surface area contributed by atoms with E-state index < -0.39 is 18.5 Å². The van der Waals surface area contributed by atoms with Gasteiger partial charge in [0.15, 0.2) is 6.29 Å². The molecule has 20 heavy (non-hydrogen) atoms. The first kappa shape index (κ1) is 16.9. The molecule has 0 aromatic carbocycles. The number of amides is 1. The molecule has 1 amide bonds. The number of aliphatic hydroxyl groups is 1. The molecule has 1 aliphatic heterocycles. The third-order valence-corrected chi connectivity index (χ3v) is 3.16. The Bertz CT molecular complexity index is 313. The Kier molecular flexibility index (Phi) is 7.53. The van der Waals surface area contributed by atoms with E-state index in [0.717, 1.165) is 0 Å². The minimum absolute atomic E-state index is 0.00898. The van der Waals surface area contributed by atoms with E-state index in [1.165, 1.54) is 13.2 Å². The number of carbonyl (C=O) groups excluding carboxylic acids is 1. The maximum atomic E-state index is 11.3. The first-order chi connectivity index (χ1) is 9.62. The number of carbonyl (C=O) groups is 1. The summed E-state index contributed by atoms with van der Waals surface area (Å²) < 4.78 is 15.5. The number of hydrogen-bond donors (Lipinski definition) is 3. The SMILES string of the molecule is C=CCOC(=O)NCC1CC(CNC)[C@H](O)[C@@H](OC)O1. The Morgan fingerprint density at radius 1 is 1.55 bits per heavy atom. The van der Waals surface area contributed by atoms with Gasteiger partial charge in [-0.3, -0.25) is 0 Å². The smallest absolute Gasteiger partial charge is 0.407 e. The highest BCUT2D eigenvalue weighted by molar-refractivity contribution is 5.67. The molecule has 0 spiro atoms. The maximum Gasteiger partial charge on any atom is 0.407 e. The second kappa shape index (κ2) is 8.91. The summed E-state index contributed by atoms with van der Waals surface area (Å²) in [7, 11) is 3.31. The molecule has 1 aliphatic rings. The Labute approximate surface area is 119 Å². The van der Waals surface area contributed by atoms with Crippen LogP contribution >= 0.6 is 0 Å². The van der Waals surface area contributed by atoms with E-state index in [1.807, 2.05) is 7.05 Å². The van der Waals surface area contributed by atoms with E-state index in [-0.39, 0.29) is 18.6 Å². The fraction of sp³-hybridized carbons (Fsp3) is 0.769. The standard InChI is InChI=1S/C13H24N2O5/c1-4-5-19-13(17)15-8-10-6-9(7-14-2)11(16)12(18-3)20-10/h4,9-12,14,16H,1,5-8H2,2-3H3,(H,15,17)/t9?,10?,11-,12-/m0/s1. The van der Waals surface area contributed by atoms with Crippen molar-refractivity contribution in [2.75, 3.05) is 33.9 Å². The molecule has 0 radical (unpaired) electrons. The zero-order valence-electron chi connectivity index (χ0n) is 12.0. The molecule has 7 nitrogen and oxygen atoms in total. The van der Waals surface area contributed by atoms with Crippen molar-refractivity contribution in [3.63, 3.8) is 0 Å². The van der Waals surface area contributed by atoms with Crippen molar-refractivity contribution in [2.45, 2.75) is 24.9 Å². The molecule has 1 saturated heterocycles. The van der Waals surface area contributed by atoms with Crippen molar-refractivity contribution in [3.05, 3.63) is 12.7 Å². The van der Waals surface area contributed by atoms with E-state index >= 15 is 0 Å². The van der Waals surface area contributed by atoms with Gasteiger partial charge in [0.2, 0.25) is 0 Å². The van der Waals surface area contributed by atoms with Gasteiger partial charge in [-0.25, -0.2) is 4.79 Å². The van der Waals surface area contributed by atoms with Crippen LogP contribution < -0.4 is 10.6 Å². The third kappa shape index (κ3) is 5.09. The average Bonchev–Trinajstić information content (AvgIpc) is 2.45. The quantitative estimate of drug-likeness (QED) is 0.565. The Morgan fingerprint density at radius 3 is 2.90 bits per heavy atom. The van der Waals surface area contributed by atoms with Crippen LogP contribution in [0.15, 0.2) is 12.7 Å². The van der Waals surface area contributed by atoms with Gasteiger partial charge in [0.25, 0.3) is 0 Å². The van der Waals surface area contributed by atoms with E-state index in [1.54, 1.807) is 0 Å². The normalized spacial score (nSPS) is 29.8. The summed E-state index contributed by atoms with van der Waals surface area (Å²) in [4.78, 5) is 11.3. The van der Waals surface area contributed by atoms with Crippen LogP contribution in [-0.4, -0.2) is 63.6 Å². The van der Waals surface area contributed by atoms with Gasteiger partial charge in [0.05, 0.1) is 6.10 Å². The number of alkyl carbamates (subject to hydrolysis) is 1. The van der Waals surface area contributed by atoms with Crippen LogP contribution in [0.2, 0.25) is 0 Å². The number of rotatable bonds is 7. The molecule has 0 aromatic heterocycles. The van der Waals surface area contributed by atoms with Crippen molar-refractivity contribution in [2.24, 2.45) is 5.92 Å². The van der Waals surface area contributed by atoms with Crippen LogP contribution in [0.3, 0.4) is 0 Å². The van der Waals surface area contributed by atoms with E-state index in [2.05, 4.69) is 17.2 Å². The topological polar surface area (TPSA) is 89.1 Å². The molecule has 4 atom stereocenters. The van der Waals surface area contributed by atoms with Crippen LogP contribution in [0.4, 0.5) is 4.79 Å². The van der Waals surface area contributed by atoms with E-state index in [9.17, 15) is 9.90 Å². The van der Waals surface area contributed by atoms with Gasteiger partial charge in [-0.1, -0.05) is 12.7 Å². The molecule has 1 fully saturated rings. The van der Waals surface area contributed by atoms with Crippen molar-refractivity contribution in [3.8, 4) is 0 Å².